The summed E-state index contributed by atoms with van der Waals surface area (Å²) < 4.78 is 2.02. The van der Waals surface area contributed by atoms with E-state index in [-0.39, 0.29) is 17.4 Å². The van der Waals surface area contributed by atoms with E-state index in [1.807, 2.05) is 43.5 Å². The summed E-state index contributed by atoms with van der Waals surface area (Å²) in [6.07, 6.45) is 11.2. The van der Waals surface area contributed by atoms with E-state index in [0.717, 1.165) is 35.6 Å². The molecule has 170 valence electrons. The highest BCUT2D eigenvalue weighted by molar-refractivity contribution is 5.91. The molecule has 0 saturated carbocycles. The molecule has 0 fully saturated rings. The van der Waals surface area contributed by atoms with Crippen molar-refractivity contribution >= 4 is 29.4 Å². The van der Waals surface area contributed by atoms with Crippen molar-refractivity contribution in [2.45, 2.75) is 71.8 Å². The molecular formula is C24H37N5O2. The van der Waals surface area contributed by atoms with Crippen LogP contribution in [0.2, 0.25) is 0 Å². The molecule has 0 aliphatic heterocycles. The molecule has 0 spiro atoms. The highest BCUT2D eigenvalue weighted by Gasteiger charge is 2.15. The van der Waals surface area contributed by atoms with Crippen LogP contribution >= 0.6 is 0 Å². The van der Waals surface area contributed by atoms with Gasteiger partial charge in [-0.05, 0) is 57.4 Å². The van der Waals surface area contributed by atoms with E-state index in [1.54, 1.807) is 13.1 Å². The lowest BCUT2D eigenvalue weighted by molar-refractivity contribution is -0.122. The third-order valence-electron chi connectivity index (χ3n) is 4.82. The van der Waals surface area contributed by atoms with Crippen molar-refractivity contribution in [1.82, 2.24) is 20.0 Å². The molecule has 0 aliphatic carbocycles. The number of nitrogens with one attached hydrogen (secondary N) is 3. The predicted octanol–water partition coefficient (Wildman–Crippen LogP) is 3.93. The normalized spacial score (nSPS) is 11.8. The topological polar surface area (TPSA) is 87.5 Å². The number of aromatic nitrogens is 2. The second-order valence-electron chi connectivity index (χ2n) is 8.83. The number of hydrogen-bond donors (Lipinski definition) is 3. The zero-order chi connectivity index (χ0) is 22.9. The first-order valence-electron chi connectivity index (χ1n) is 11.2. The van der Waals surface area contributed by atoms with Crippen LogP contribution in [0.5, 0.6) is 0 Å². The van der Waals surface area contributed by atoms with Gasteiger partial charge in [-0.1, -0.05) is 26.2 Å². The fourth-order valence-corrected chi connectivity index (χ4v) is 3.32. The minimum Gasteiger partial charge on any atom is -0.369 e. The molecule has 31 heavy (non-hydrogen) atoms. The van der Waals surface area contributed by atoms with E-state index in [1.165, 1.54) is 25.3 Å². The standard InChI is InChI=1S/C24H37N5O2/c1-6-7-8-9-10-19-23(26-15-13-22(31)28-24(2,3)4)29-16-14-18(17-20(29)27-19)11-12-21(30)25-5/h11-12,14,16-17,26H,6-10,13,15H2,1-5H3,(H,25,30)(H,28,31)/b12-11+. The van der Waals surface area contributed by atoms with Gasteiger partial charge in [-0.2, -0.15) is 0 Å². The van der Waals surface area contributed by atoms with Gasteiger partial charge in [-0.3, -0.25) is 14.0 Å². The number of nitrogens with zero attached hydrogens (tertiary/aromatic N) is 2. The summed E-state index contributed by atoms with van der Waals surface area (Å²) in [5.41, 5.74) is 2.52. The Labute approximate surface area is 185 Å². The Morgan fingerprint density at radius 2 is 1.97 bits per heavy atom. The number of unbranched alkanes of at least 4 members (excludes halogenated alkanes) is 3. The van der Waals surface area contributed by atoms with Gasteiger partial charge in [0.1, 0.15) is 11.5 Å². The lowest BCUT2D eigenvalue weighted by Crippen LogP contribution is -2.41. The molecule has 0 aromatic carbocycles. The van der Waals surface area contributed by atoms with Crippen molar-refractivity contribution in [3.63, 3.8) is 0 Å². The summed E-state index contributed by atoms with van der Waals surface area (Å²) in [6, 6.07) is 3.92. The third-order valence-corrected chi connectivity index (χ3v) is 4.82. The largest absolute Gasteiger partial charge is 0.369 e. The summed E-state index contributed by atoms with van der Waals surface area (Å²) in [6.45, 7) is 8.68. The van der Waals surface area contributed by atoms with Crippen LogP contribution in [-0.2, 0) is 16.0 Å². The zero-order valence-corrected chi connectivity index (χ0v) is 19.5. The SMILES string of the molecule is CCCCCCc1nc2cc(/C=C/C(=O)NC)ccn2c1NCCC(=O)NC(C)(C)C. The summed E-state index contributed by atoms with van der Waals surface area (Å²) in [7, 11) is 1.61. The molecule has 0 bridgehead atoms. The second-order valence-corrected chi connectivity index (χ2v) is 8.83. The van der Waals surface area contributed by atoms with Gasteiger partial charge in [0.15, 0.2) is 0 Å². The van der Waals surface area contributed by atoms with E-state index in [2.05, 4.69) is 22.9 Å². The predicted molar refractivity (Wildman–Crippen MR) is 127 cm³/mol. The minimum atomic E-state index is -0.233. The average Bonchev–Trinajstić information content (AvgIpc) is 3.04. The van der Waals surface area contributed by atoms with E-state index in [0.29, 0.717) is 13.0 Å². The smallest absolute Gasteiger partial charge is 0.243 e. The maximum atomic E-state index is 12.2. The van der Waals surface area contributed by atoms with Gasteiger partial charge in [0.2, 0.25) is 11.8 Å². The number of carbonyl (C=O) groups is 2. The molecule has 2 aromatic heterocycles. The summed E-state index contributed by atoms with van der Waals surface area (Å²) in [5.74, 6) is 0.826. The second kappa shape index (κ2) is 11.5. The number of anilines is 1. The highest BCUT2D eigenvalue weighted by atomic mass is 16.2. The zero-order valence-electron chi connectivity index (χ0n) is 19.5. The molecule has 0 aliphatic rings. The molecule has 0 radical (unpaired) electrons. The Kier molecular flexibility index (Phi) is 9.09. The lowest BCUT2D eigenvalue weighted by Gasteiger charge is -2.20. The number of imidazole rings is 1. The van der Waals surface area contributed by atoms with Crippen molar-refractivity contribution in [3.05, 3.63) is 35.7 Å². The number of pyridine rings is 1. The van der Waals surface area contributed by atoms with Crippen molar-refractivity contribution in [2.24, 2.45) is 0 Å². The summed E-state index contributed by atoms with van der Waals surface area (Å²) in [5, 5.41) is 9.00. The van der Waals surface area contributed by atoms with Gasteiger partial charge in [0.25, 0.3) is 0 Å². The summed E-state index contributed by atoms with van der Waals surface area (Å²) in [4.78, 5) is 28.5. The number of hydrogen-bond acceptors (Lipinski definition) is 4. The Bertz CT molecular complexity index is 909. The lowest BCUT2D eigenvalue weighted by atomic mass is 10.1. The Hall–Kier alpha value is -2.83. The first kappa shape index (κ1) is 24.4. The van der Waals surface area contributed by atoms with Crippen LogP contribution in [-0.4, -0.2) is 40.3 Å². The van der Waals surface area contributed by atoms with Crippen LogP contribution in [0.1, 0.15) is 71.1 Å². The molecular weight excluding hydrogens is 390 g/mol. The number of fused-ring (bicyclic) bond motifs is 1. The monoisotopic (exact) mass is 427 g/mol. The van der Waals surface area contributed by atoms with Crippen LogP contribution in [0.3, 0.4) is 0 Å². The molecule has 7 nitrogen and oxygen atoms in total. The Morgan fingerprint density at radius 1 is 1.19 bits per heavy atom. The highest BCUT2D eigenvalue weighted by Crippen LogP contribution is 2.22. The van der Waals surface area contributed by atoms with Crippen LogP contribution in [0.4, 0.5) is 5.82 Å². The van der Waals surface area contributed by atoms with Crippen molar-refractivity contribution < 1.29 is 9.59 Å². The third kappa shape index (κ3) is 8.07. The van der Waals surface area contributed by atoms with Crippen molar-refractivity contribution in [3.8, 4) is 0 Å². The first-order chi connectivity index (χ1) is 14.7. The van der Waals surface area contributed by atoms with Gasteiger partial charge in [0.05, 0.1) is 5.69 Å². The van der Waals surface area contributed by atoms with E-state index >= 15 is 0 Å². The summed E-state index contributed by atoms with van der Waals surface area (Å²) >= 11 is 0. The Balaban J connectivity index is 2.18. The molecule has 2 amide bonds. The van der Waals surface area contributed by atoms with E-state index < -0.39 is 0 Å². The number of carbonyl (C=O) groups excluding carboxylic acids is 2. The maximum absolute atomic E-state index is 12.2. The number of aryl methyl sites for hydroxylation is 1. The average molecular weight is 428 g/mol. The van der Waals surface area contributed by atoms with Crippen molar-refractivity contribution in [1.29, 1.82) is 0 Å². The quantitative estimate of drug-likeness (QED) is 0.374. The Morgan fingerprint density at radius 3 is 2.65 bits per heavy atom. The van der Waals surface area contributed by atoms with Gasteiger partial charge in [0, 0.05) is 37.8 Å². The fraction of sp³-hybridized carbons (Fsp3) is 0.542. The molecule has 0 atom stereocenters. The molecule has 0 saturated heterocycles. The number of amides is 2. The van der Waals surface area contributed by atoms with Crippen molar-refractivity contribution in [2.75, 3.05) is 18.9 Å². The molecule has 2 aromatic rings. The fourth-order valence-electron chi connectivity index (χ4n) is 3.32. The van der Waals surface area contributed by atoms with Crippen LogP contribution in [0.25, 0.3) is 11.7 Å². The number of rotatable bonds is 11. The van der Waals surface area contributed by atoms with Gasteiger partial charge >= 0.3 is 0 Å². The minimum absolute atomic E-state index is 0.0277. The first-order valence-corrected chi connectivity index (χ1v) is 11.2. The molecule has 7 heteroatoms. The van der Waals surface area contributed by atoms with Gasteiger partial charge < -0.3 is 16.0 Å². The molecule has 3 N–H and O–H groups in total. The van der Waals surface area contributed by atoms with E-state index in [9.17, 15) is 9.59 Å². The van der Waals surface area contributed by atoms with Crippen LogP contribution in [0, 0.1) is 0 Å². The van der Waals surface area contributed by atoms with E-state index in [4.69, 9.17) is 4.98 Å². The maximum Gasteiger partial charge on any atom is 0.243 e. The molecule has 2 heterocycles. The molecule has 0 unspecified atom stereocenters. The van der Waals surface area contributed by atoms with Crippen LogP contribution < -0.4 is 16.0 Å². The van der Waals surface area contributed by atoms with Gasteiger partial charge in [-0.15, -0.1) is 0 Å². The molecule has 2 rings (SSSR count). The number of likely N-dealkylation sites (N-methyl/N-ethyl adjacent to an activating group) is 1. The van der Waals surface area contributed by atoms with Crippen LogP contribution in [0.15, 0.2) is 24.4 Å². The van der Waals surface area contributed by atoms with Gasteiger partial charge in [-0.25, -0.2) is 4.98 Å².